The van der Waals surface area contributed by atoms with Gasteiger partial charge in [-0.15, -0.1) is 11.3 Å². The summed E-state index contributed by atoms with van der Waals surface area (Å²) in [5.41, 5.74) is 0.275. The van der Waals surface area contributed by atoms with Crippen LogP contribution in [0.25, 0.3) is 0 Å². The van der Waals surface area contributed by atoms with Crippen molar-refractivity contribution < 1.29 is 0 Å². The summed E-state index contributed by atoms with van der Waals surface area (Å²) in [4.78, 5) is 1.48. The summed E-state index contributed by atoms with van der Waals surface area (Å²) in [7, 11) is 0. The molecule has 1 N–H and O–H groups in total. The van der Waals surface area contributed by atoms with Gasteiger partial charge >= 0.3 is 0 Å². The first-order valence-electron chi connectivity index (χ1n) is 6.91. The molecule has 1 nitrogen and oxygen atoms in total. The van der Waals surface area contributed by atoms with Crippen LogP contribution >= 0.6 is 11.3 Å². The summed E-state index contributed by atoms with van der Waals surface area (Å²) in [6.07, 6.45) is 6.81. The lowest BCUT2D eigenvalue weighted by atomic mass is 9.91. The molecular formula is C15H27NS. The Hall–Kier alpha value is -0.340. The number of hydrogen-bond acceptors (Lipinski definition) is 2. The highest BCUT2D eigenvalue weighted by molar-refractivity contribution is 7.10. The molecule has 1 heterocycles. The molecule has 0 amide bonds. The highest BCUT2D eigenvalue weighted by Crippen LogP contribution is 2.26. The van der Waals surface area contributed by atoms with E-state index in [4.69, 9.17) is 0 Å². The van der Waals surface area contributed by atoms with Gasteiger partial charge < -0.3 is 5.32 Å². The Morgan fingerprint density at radius 1 is 1.18 bits per heavy atom. The second-order valence-electron chi connectivity index (χ2n) is 5.45. The predicted octanol–water partition coefficient (Wildman–Crippen LogP) is 4.59. The second kappa shape index (κ2) is 7.88. The van der Waals surface area contributed by atoms with Gasteiger partial charge in [0.15, 0.2) is 0 Å². The van der Waals surface area contributed by atoms with Crippen molar-refractivity contribution in [2.45, 2.75) is 58.3 Å². The van der Waals surface area contributed by atoms with Gasteiger partial charge in [-0.2, -0.15) is 0 Å². The Labute approximate surface area is 111 Å². The number of rotatable bonds is 9. The maximum atomic E-state index is 3.60. The molecule has 0 fully saturated rings. The summed E-state index contributed by atoms with van der Waals surface area (Å²) in [5.74, 6) is 0. The third-order valence-corrected chi connectivity index (χ3v) is 4.45. The Morgan fingerprint density at radius 2 is 1.94 bits per heavy atom. The largest absolute Gasteiger partial charge is 0.316 e. The molecule has 98 valence electrons. The minimum atomic E-state index is 0.275. The van der Waals surface area contributed by atoms with Crippen LogP contribution in [0, 0.1) is 0 Å². The maximum Gasteiger partial charge on any atom is 0.0115 e. The lowest BCUT2D eigenvalue weighted by molar-refractivity contribution is 0.467. The minimum absolute atomic E-state index is 0.275. The van der Waals surface area contributed by atoms with Crippen LogP contribution in [0.4, 0.5) is 0 Å². The van der Waals surface area contributed by atoms with Crippen LogP contribution in [0.1, 0.15) is 57.8 Å². The van der Waals surface area contributed by atoms with E-state index in [-0.39, 0.29) is 5.41 Å². The van der Waals surface area contributed by atoms with Gasteiger partial charge in [0.2, 0.25) is 0 Å². The SMILES string of the molecule is CCCCCCCNCC(C)(C)c1cccs1. The van der Waals surface area contributed by atoms with Crippen molar-refractivity contribution in [3.8, 4) is 0 Å². The molecule has 0 aliphatic heterocycles. The Bertz CT molecular complexity index is 277. The molecular weight excluding hydrogens is 226 g/mol. The molecule has 1 rings (SSSR count). The molecule has 0 saturated carbocycles. The van der Waals surface area contributed by atoms with E-state index in [1.807, 2.05) is 11.3 Å². The first kappa shape index (κ1) is 14.7. The summed E-state index contributed by atoms with van der Waals surface area (Å²) >= 11 is 1.86. The van der Waals surface area contributed by atoms with Crippen molar-refractivity contribution in [2.75, 3.05) is 13.1 Å². The highest BCUT2D eigenvalue weighted by Gasteiger charge is 2.20. The average molecular weight is 253 g/mol. The van der Waals surface area contributed by atoms with E-state index in [0.29, 0.717) is 0 Å². The lowest BCUT2D eigenvalue weighted by Crippen LogP contribution is -2.32. The maximum absolute atomic E-state index is 3.60. The van der Waals surface area contributed by atoms with E-state index in [9.17, 15) is 0 Å². The van der Waals surface area contributed by atoms with E-state index in [1.54, 1.807) is 0 Å². The number of unbranched alkanes of at least 4 members (excludes halogenated alkanes) is 4. The van der Waals surface area contributed by atoms with Crippen molar-refractivity contribution in [1.29, 1.82) is 0 Å². The second-order valence-corrected chi connectivity index (χ2v) is 6.40. The van der Waals surface area contributed by atoms with Gasteiger partial charge in [0, 0.05) is 16.8 Å². The number of hydrogen-bond donors (Lipinski definition) is 1. The van der Waals surface area contributed by atoms with Crippen LogP contribution in [0.2, 0.25) is 0 Å². The average Bonchev–Trinajstić information content (AvgIpc) is 2.82. The first-order valence-corrected chi connectivity index (χ1v) is 7.79. The predicted molar refractivity (Wildman–Crippen MR) is 79.0 cm³/mol. The number of nitrogens with one attached hydrogen (secondary N) is 1. The van der Waals surface area contributed by atoms with E-state index in [1.165, 1.54) is 43.5 Å². The third kappa shape index (κ3) is 5.69. The molecule has 0 saturated heterocycles. The van der Waals surface area contributed by atoms with Crippen molar-refractivity contribution in [1.82, 2.24) is 5.32 Å². The van der Waals surface area contributed by atoms with Crippen molar-refractivity contribution in [2.24, 2.45) is 0 Å². The lowest BCUT2D eigenvalue weighted by Gasteiger charge is -2.23. The van der Waals surface area contributed by atoms with Gasteiger partial charge in [0.05, 0.1) is 0 Å². The zero-order chi connectivity index (χ0) is 12.6. The van der Waals surface area contributed by atoms with Crippen molar-refractivity contribution >= 4 is 11.3 Å². The Morgan fingerprint density at radius 3 is 2.59 bits per heavy atom. The van der Waals surface area contributed by atoms with Gasteiger partial charge in [-0.1, -0.05) is 52.5 Å². The van der Waals surface area contributed by atoms with E-state index in [0.717, 1.165) is 6.54 Å². The molecule has 1 aromatic heterocycles. The minimum Gasteiger partial charge on any atom is -0.316 e. The van der Waals surface area contributed by atoms with E-state index < -0.39 is 0 Å². The van der Waals surface area contributed by atoms with Gasteiger partial charge in [-0.3, -0.25) is 0 Å². The molecule has 0 radical (unpaired) electrons. The fourth-order valence-electron chi connectivity index (χ4n) is 2.01. The van der Waals surface area contributed by atoms with Crippen LogP contribution in [0.15, 0.2) is 17.5 Å². The highest BCUT2D eigenvalue weighted by atomic mass is 32.1. The molecule has 0 bridgehead atoms. The van der Waals surface area contributed by atoms with Crippen LogP contribution < -0.4 is 5.32 Å². The van der Waals surface area contributed by atoms with Crippen LogP contribution in [0.3, 0.4) is 0 Å². The summed E-state index contributed by atoms with van der Waals surface area (Å²) in [6.45, 7) is 9.16. The summed E-state index contributed by atoms with van der Waals surface area (Å²) < 4.78 is 0. The molecule has 1 aromatic rings. The number of thiophene rings is 1. The van der Waals surface area contributed by atoms with Crippen LogP contribution in [-0.2, 0) is 5.41 Å². The van der Waals surface area contributed by atoms with Crippen molar-refractivity contribution in [3.63, 3.8) is 0 Å². The fourth-order valence-corrected chi connectivity index (χ4v) is 2.86. The van der Waals surface area contributed by atoms with Crippen molar-refractivity contribution in [3.05, 3.63) is 22.4 Å². The monoisotopic (exact) mass is 253 g/mol. The Kier molecular flexibility index (Phi) is 6.83. The molecule has 0 aromatic carbocycles. The van der Waals surface area contributed by atoms with Gasteiger partial charge in [-0.05, 0) is 24.4 Å². The zero-order valence-electron chi connectivity index (χ0n) is 11.6. The van der Waals surface area contributed by atoms with E-state index in [2.05, 4.69) is 43.6 Å². The van der Waals surface area contributed by atoms with Gasteiger partial charge in [-0.25, -0.2) is 0 Å². The quantitative estimate of drug-likeness (QED) is 0.635. The topological polar surface area (TPSA) is 12.0 Å². The van der Waals surface area contributed by atoms with Crippen LogP contribution in [0.5, 0.6) is 0 Å². The Balaban J connectivity index is 2.10. The molecule has 2 heteroatoms. The first-order chi connectivity index (χ1) is 8.17. The molecule has 0 spiro atoms. The molecule has 0 atom stereocenters. The summed E-state index contributed by atoms with van der Waals surface area (Å²) in [6, 6.07) is 4.39. The molecule has 17 heavy (non-hydrogen) atoms. The fraction of sp³-hybridized carbons (Fsp3) is 0.733. The summed E-state index contributed by atoms with van der Waals surface area (Å²) in [5, 5.41) is 5.77. The molecule has 0 aliphatic rings. The smallest absolute Gasteiger partial charge is 0.0115 e. The normalized spacial score (nSPS) is 11.9. The standard InChI is InChI=1S/C15H27NS/c1-4-5-6-7-8-11-16-13-15(2,3)14-10-9-12-17-14/h9-10,12,16H,4-8,11,13H2,1-3H3. The zero-order valence-corrected chi connectivity index (χ0v) is 12.4. The van der Waals surface area contributed by atoms with Gasteiger partial charge in [0.1, 0.15) is 0 Å². The third-order valence-electron chi connectivity index (χ3n) is 3.21. The van der Waals surface area contributed by atoms with Gasteiger partial charge in [0.25, 0.3) is 0 Å². The molecule has 0 unspecified atom stereocenters. The van der Waals surface area contributed by atoms with E-state index >= 15 is 0 Å². The van der Waals surface area contributed by atoms with Crippen LogP contribution in [-0.4, -0.2) is 13.1 Å². The molecule has 0 aliphatic carbocycles.